The van der Waals surface area contributed by atoms with E-state index in [1.807, 2.05) is 48.5 Å². The quantitative estimate of drug-likeness (QED) is 0.315. The third kappa shape index (κ3) is 9.21. The van der Waals surface area contributed by atoms with Gasteiger partial charge in [0.25, 0.3) is 5.91 Å². The summed E-state index contributed by atoms with van der Waals surface area (Å²) in [5.74, 6) is -0.333. The van der Waals surface area contributed by atoms with Crippen molar-refractivity contribution in [3.63, 3.8) is 0 Å². The number of aryl methyl sites for hydroxylation is 1. The van der Waals surface area contributed by atoms with Gasteiger partial charge >= 0.3 is 0 Å². The van der Waals surface area contributed by atoms with Gasteiger partial charge in [0, 0.05) is 20.0 Å². The van der Waals surface area contributed by atoms with Crippen LogP contribution in [0.5, 0.6) is 17.2 Å². The largest absolute Gasteiger partial charge is 0.493 e. The second-order valence-electron chi connectivity index (χ2n) is 10.7. The Balaban J connectivity index is 1.49. The number of para-hydroxylation sites is 1. The van der Waals surface area contributed by atoms with E-state index < -0.39 is 29.8 Å². The molecule has 238 valence electrons. The number of rotatable bonds is 9. The number of hydrogen-bond acceptors (Lipinski definition) is 7. The number of carbonyl (C=O) groups excluding carboxylic acids is 4. The van der Waals surface area contributed by atoms with Crippen LogP contribution >= 0.6 is 0 Å². The van der Waals surface area contributed by atoms with E-state index in [9.17, 15) is 19.2 Å². The predicted octanol–water partition coefficient (Wildman–Crippen LogP) is 2.52. The van der Waals surface area contributed by atoms with Crippen LogP contribution in [0.1, 0.15) is 34.3 Å². The van der Waals surface area contributed by atoms with E-state index in [2.05, 4.69) is 16.0 Å². The maximum absolute atomic E-state index is 13.4. The van der Waals surface area contributed by atoms with Crippen LogP contribution in [0.15, 0.2) is 72.8 Å². The van der Waals surface area contributed by atoms with Crippen molar-refractivity contribution >= 4 is 23.6 Å². The summed E-state index contributed by atoms with van der Waals surface area (Å²) in [4.78, 5) is 55.0. The molecule has 11 nitrogen and oxygen atoms in total. The molecule has 0 aliphatic carbocycles. The van der Waals surface area contributed by atoms with Crippen molar-refractivity contribution in [3.05, 3.63) is 89.5 Å². The first-order valence-corrected chi connectivity index (χ1v) is 14.9. The first kappa shape index (κ1) is 32.8. The van der Waals surface area contributed by atoms with Gasteiger partial charge in [-0.05, 0) is 48.2 Å². The highest BCUT2D eigenvalue weighted by Gasteiger charge is 2.30. The van der Waals surface area contributed by atoms with E-state index in [1.165, 1.54) is 4.90 Å². The Labute approximate surface area is 263 Å². The highest BCUT2D eigenvalue weighted by molar-refractivity contribution is 6.01. The molecule has 1 aliphatic heterocycles. The molecule has 0 bridgehead atoms. The molecule has 4 amide bonds. The molecule has 0 unspecified atom stereocenters. The van der Waals surface area contributed by atoms with Crippen LogP contribution in [-0.2, 0) is 27.2 Å². The van der Waals surface area contributed by atoms with Gasteiger partial charge in [-0.25, -0.2) is 0 Å². The molecule has 45 heavy (non-hydrogen) atoms. The molecule has 0 saturated carbocycles. The molecular formula is C34H40N4O7. The molecule has 0 radical (unpaired) electrons. The average molecular weight is 617 g/mol. The number of amides is 4. The minimum absolute atomic E-state index is 0.128. The second kappa shape index (κ2) is 16.1. The number of carbonyl (C=O) groups is 4. The van der Waals surface area contributed by atoms with Gasteiger partial charge in [-0.2, -0.15) is 0 Å². The SMILES string of the molecule is COc1ccc(CCCNC(=O)[C@@H]2CC(=O)N[C@@H](Cc3ccccc3)C(=O)N(C)CCOc3ccccc3C(=O)N2)cc1OC. The highest BCUT2D eigenvalue weighted by atomic mass is 16.5. The topological polar surface area (TPSA) is 135 Å². The number of methoxy groups -OCH3 is 2. The van der Waals surface area contributed by atoms with Crippen molar-refractivity contribution in [2.45, 2.75) is 37.8 Å². The van der Waals surface area contributed by atoms with Crippen LogP contribution < -0.4 is 30.2 Å². The third-order valence-corrected chi connectivity index (χ3v) is 7.51. The maximum atomic E-state index is 13.4. The maximum Gasteiger partial charge on any atom is 0.255 e. The van der Waals surface area contributed by atoms with Crippen LogP contribution in [0.3, 0.4) is 0 Å². The standard InChI is InChI=1S/C34H40N4O7/c1-38-18-19-45-28-14-8-7-13-25(28)32(40)37-26(22-31(39)36-27(34(38)42)20-23-10-5-4-6-11-23)33(41)35-17-9-12-24-15-16-29(43-2)30(21-24)44-3/h4-8,10-11,13-16,21,26-27H,9,12,17-20,22H2,1-3H3,(H,35,41)(H,36,39)(H,37,40)/t26-,27-/m0/s1. The normalized spacial score (nSPS) is 17.6. The fourth-order valence-corrected chi connectivity index (χ4v) is 5.05. The van der Waals surface area contributed by atoms with E-state index >= 15 is 0 Å². The number of likely N-dealkylation sites (N-methyl/N-ethyl adjacent to an activating group) is 1. The van der Waals surface area contributed by atoms with Gasteiger partial charge in [0.05, 0.1) is 32.7 Å². The Kier molecular flexibility index (Phi) is 11.8. The van der Waals surface area contributed by atoms with Crippen molar-refractivity contribution in [2.24, 2.45) is 0 Å². The zero-order valence-electron chi connectivity index (χ0n) is 25.8. The fraction of sp³-hybridized carbons (Fsp3) is 0.353. The van der Waals surface area contributed by atoms with E-state index in [0.29, 0.717) is 36.6 Å². The zero-order chi connectivity index (χ0) is 32.2. The zero-order valence-corrected chi connectivity index (χ0v) is 25.8. The van der Waals surface area contributed by atoms with Crippen molar-refractivity contribution in [3.8, 4) is 17.2 Å². The van der Waals surface area contributed by atoms with Crippen molar-refractivity contribution in [1.29, 1.82) is 0 Å². The Hall–Kier alpha value is -5.06. The Morgan fingerprint density at radius 2 is 1.67 bits per heavy atom. The number of hydrogen-bond donors (Lipinski definition) is 3. The second-order valence-corrected chi connectivity index (χ2v) is 10.7. The lowest BCUT2D eigenvalue weighted by molar-refractivity contribution is -0.136. The molecule has 0 spiro atoms. The van der Waals surface area contributed by atoms with Crippen LogP contribution in [0, 0.1) is 0 Å². The molecule has 1 heterocycles. The van der Waals surface area contributed by atoms with Crippen LogP contribution in [0.4, 0.5) is 0 Å². The lowest BCUT2D eigenvalue weighted by Crippen LogP contribution is -2.53. The van der Waals surface area contributed by atoms with E-state index in [-0.39, 0.29) is 37.5 Å². The predicted molar refractivity (Wildman–Crippen MR) is 168 cm³/mol. The molecule has 0 aromatic heterocycles. The Morgan fingerprint density at radius 1 is 0.933 bits per heavy atom. The van der Waals surface area contributed by atoms with Gasteiger partial charge < -0.3 is 35.1 Å². The third-order valence-electron chi connectivity index (χ3n) is 7.51. The number of ether oxygens (including phenoxy) is 3. The molecule has 11 heteroatoms. The number of nitrogens with one attached hydrogen (secondary N) is 3. The summed E-state index contributed by atoms with van der Waals surface area (Å²) in [6, 6.07) is 19.6. The molecule has 3 aromatic carbocycles. The van der Waals surface area contributed by atoms with E-state index in [0.717, 1.165) is 11.1 Å². The van der Waals surface area contributed by atoms with Gasteiger partial charge in [-0.15, -0.1) is 0 Å². The van der Waals surface area contributed by atoms with Gasteiger partial charge in [0.15, 0.2) is 11.5 Å². The summed E-state index contributed by atoms with van der Waals surface area (Å²) in [6.45, 7) is 0.674. The number of fused-ring (bicyclic) bond motifs is 1. The Bertz CT molecular complexity index is 1480. The molecule has 1 aliphatic rings. The summed E-state index contributed by atoms with van der Waals surface area (Å²) in [6.07, 6.45) is 1.15. The molecule has 3 aromatic rings. The molecule has 3 N–H and O–H groups in total. The van der Waals surface area contributed by atoms with Crippen LogP contribution in [-0.4, -0.2) is 81.6 Å². The van der Waals surface area contributed by atoms with Crippen molar-refractivity contribution < 1.29 is 33.4 Å². The summed E-state index contributed by atoms with van der Waals surface area (Å²) >= 11 is 0. The van der Waals surface area contributed by atoms with Gasteiger partial charge in [0.2, 0.25) is 17.7 Å². The van der Waals surface area contributed by atoms with Gasteiger partial charge in [-0.1, -0.05) is 48.5 Å². The van der Waals surface area contributed by atoms with Crippen molar-refractivity contribution in [1.82, 2.24) is 20.9 Å². The number of benzene rings is 3. The van der Waals surface area contributed by atoms with Crippen LogP contribution in [0.2, 0.25) is 0 Å². The summed E-state index contributed by atoms with van der Waals surface area (Å²) in [5.41, 5.74) is 2.09. The lowest BCUT2D eigenvalue weighted by atomic mass is 10.0. The fourth-order valence-electron chi connectivity index (χ4n) is 5.05. The van der Waals surface area contributed by atoms with E-state index in [4.69, 9.17) is 14.2 Å². The first-order valence-electron chi connectivity index (χ1n) is 14.9. The lowest BCUT2D eigenvalue weighted by Gasteiger charge is -2.27. The minimum Gasteiger partial charge on any atom is -0.493 e. The monoisotopic (exact) mass is 616 g/mol. The molecular weight excluding hydrogens is 576 g/mol. The minimum atomic E-state index is -1.19. The van der Waals surface area contributed by atoms with E-state index in [1.54, 1.807) is 45.5 Å². The van der Waals surface area contributed by atoms with Crippen LogP contribution in [0.25, 0.3) is 0 Å². The smallest absolute Gasteiger partial charge is 0.255 e. The summed E-state index contributed by atoms with van der Waals surface area (Å²) in [5, 5.41) is 8.36. The summed E-state index contributed by atoms with van der Waals surface area (Å²) < 4.78 is 16.5. The number of nitrogens with zero attached hydrogens (tertiary/aromatic N) is 1. The molecule has 2 atom stereocenters. The van der Waals surface area contributed by atoms with Gasteiger partial charge in [-0.3, -0.25) is 19.2 Å². The molecule has 0 saturated heterocycles. The Morgan fingerprint density at radius 3 is 2.42 bits per heavy atom. The summed E-state index contributed by atoms with van der Waals surface area (Å²) in [7, 11) is 4.78. The average Bonchev–Trinajstić information content (AvgIpc) is 3.05. The van der Waals surface area contributed by atoms with Crippen molar-refractivity contribution in [2.75, 3.05) is 41.0 Å². The first-order chi connectivity index (χ1) is 21.8. The van der Waals surface area contributed by atoms with Gasteiger partial charge in [0.1, 0.15) is 24.4 Å². The molecule has 4 rings (SSSR count). The highest BCUT2D eigenvalue weighted by Crippen LogP contribution is 2.28. The molecule has 0 fully saturated rings.